The topological polar surface area (TPSA) is 108 Å². The Morgan fingerprint density at radius 3 is 2.44 bits per heavy atom. The van der Waals surface area contributed by atoms with Crippen molar-refractivity contribution in [2.24, 2.45) is 0 Å². The Labute approximate surface area is 92.0 Å². The van der Waals surface area contributed by atoms with Crippen molar-refractivity contribution in [3.8, 4) is 0 Å². The number of carbonyl (C=O) groups is 3. The summed E-state index contributed by atoms with van der Waals surface area (Å²) in [6.45, 7) is 1.90. The molecular formula is C9H13N3O4. The molecular weight excluding hydrogens is 214 g/mol. The van der Waals surface area contributed by atoms with Crippen molar-refractivity contribution in [1.29, 1.82) is 0 Å². The lowest BCUT2D eigenvalue weighted by Crippen LogP contribution is -2.32. The largest absolute Gasteiger partial charge is 0.333 e. The fourth-order valence-corrected chi connectivity index (χ4v) is 1.39. The average Bonchev–Trinajstić information content (AvgIpc) is 2.90. The normalized spacial score (nSPS) is 22.4. The number of hydrazine groups is 1. The molecule has 0 atom stereocenters. The number of rotatable bonds is 4. The summed E-state index contributed by atoms with van der Waals surface area (Å²) < 4.78 is 0. The molecule has 0 aromatic rings. The van der Waals surface area contributed by atoms with Crippen molar-refractivity contribution in [2.75, 3.05) is 0 Å². The van der Waals surface area contributed by atoms with E-state index < -0.39 is 17.8 Å². The molecule has 2 fully saturated rings. The van der Waals surface area contributed by atoms with Crippen LogP contribution in [0.5, 0.6) is 0 Å². The molecule has 0 radical (unpaired) electrons. The van der Waals surface area contributed by atoms with Crippen LogP contribution in [0, 0.1) is 0 Å². The Morgan fingerprint density at radius 2 is 1.94 bits per heavy atom. The molecule has 0 aliphatic carbocycles. The molecule has 0 unspecified atom stereocenters. The third kappa shape index (κ3) is 2.37. The highest BCUT2D eigenvalue weighted by atomic mass is 16.7. The summed E-state index contributed by atoms with van der Waals surface area (Å²) >= 11 is 0. The zero-order chi connectivity index (χ0) is 11.8. The van der Waals surface area contributed by atoms with Crippen LogP contribution in [0.4, 0.5) is 0 Å². The summed E-state index contributed by atoms with van der Waals surface area (Å²) in [6, 6.07) is 0. The summed E-state index contributed by atoms with van der Waals surface area (Å²) in [5.41, 5.74) is 5.52. The van der Waals surface area contributed by atoms with Crippen LogP contribution in [0.2, 0.25) is 0 Å². The number of amides is 2. The standard InChI is InChI=1S/C9H13N3O4/c1-9(10-11-9)5-4-8(15)16-12-6(13)2-3-7(12)14/h10-11H,2-5H2,1H3. The number of hydroxylamine groups is 2. The molecule has 2 saturated heterocycles. The van der Waals surface area contributed by atoms with Crippen molar-refractivity contribution in [3.05, 3.63) is 0 Å². The minimum absolute atomic E-state index is 0.118. The van der Waals surface area contributed by atoms with Crippen molar-refractivity contribution in [2.45, 2.75) is 38.3 Å². The lowest BCUT2D eigenvalue weighted by atomic mass is 10.1. The number of imide groups is 1. The molecule has 2 aliphatic rings. The number of hydrogen-bond donors (Lipinski definition) is 2. The molecule has 2 amide bonds. The van der Waals surface area contributed by atoms with Gasteiger partial charge < -0.3 is 4.84 Å². The van der Waals surface area contributed by atoms with Gasteiger partial charge in [-0.05, 0) is 13.3 Å². The van der Waals surface area contributed by atoms with Crippen molar-refractivity contribution in [1.82, 2.24) is 15.9 Å². The maximum absolute atomic E-state index is 11.3. The van der Waals surface area contributed by atoms with E-state index >= 15 is 0 Å². The van der Waals surface area contributed by atoms with Crippen LogP contribution >= 0.6 is 0 Å². The minimum atomic E-state index is -0.569. The lowest BCUT2D eigenvalue weighted by Gasteiger charge is -2.12. The van der Waals surface area contributed by atoms with Gasteiger partial charge in [0, 0.05) is 12.8 Å². The van der Waals surface area contributed by atoms with Gasteiger partial charge in [-0.1, -0.05) is 0 Å². The van der Waals surface area contributed by atoms with E-state index in [2.05, 4.69) is 10.9 Å². The smallest absolute Gasteiger partial charge is 0.330 e. The second-order valence-electron chi connectivity index (χ2n) is 4.13. The van der Waals surface area contributed by atoms with Crippen molar-refractivity contribution in [3.63, 3.8) is 0 Å². The zero-order valence-corrected chi connectivity index (χ0v) is 8.91. The first-order valence-corrected chi connectivity index (χ1v) is 5.11. The summed E-state index contributed by atoms with van der Waals surface area (Å²) in [7, 11) is 0. The Balaban J connectivity index is 1.78. The molecule has 88 valence electrons. The second kappa shape index (κ2) is 3.84. The van der Waals surface area contributed by atoms with E-state index in [9.17, 15) is 14.4 Å². The van der Waals surface area contributed by atoms with Crippen LogP contribution in [0.25, 0.3) is 0 Å². The van der Waals surface area contributed by atoms with Crippen LogP contribution in [0.15, 0.2) is 0 Å². The van der Waals surface area contributed by atoms with E-state index in [0.29, 0.717) is 11.5 Å². The van der Waals surface area contributed by atoms with Gasteiger partial charge >= 0.3 is 5.97 Å². The van der Waals surface area contributed by atoms with Crippen LogP contribution in [0.3, 0.4) is 0 Å². The molecule has 0 saturated carbocycles. The first-order chi connectivity index (χ1) is 7.50. The molecule has 0 aromatic carbocycles. The molecule has 0 spiro atoms. The van der Waals surface area contributed by atoms with Crippen molar-refractivity contribution >= 4 is 17.8 Å². The van der Waals surface area contributed by atoms with Crippen LogP contribution in [0.1, 0.15) is 32.6 Å². The average molecular weight is 227 g/mol. The third-order valence-corrected chi connectivity index (χ3v) is 2.58. The predicted molar refractivity (Wildman–Crippen MR) is 51.1 cm³/mol. The first-order valence-electron chi connectivity index (χ1n) is 5.11. The van der Waals surface area contributed by atoms with Gasteiger partial charge in [0.1, 0.15) is 0 Å². The first kappa shape index (κ1) is 11.0. The number of hydrogen-bond acceptors (Lipinski definition) is 6. The van der Waals surface area contributed by atoms with Crippen LogP contribution in [-0.2, 0) is 19.2 Å². The quantitative estimate of drug-likeness (QED) is 0.480. The molecule has 0 bridgehead atoms. The Hall–Kier alpha value is -1.47. The molecule has 16 heavy (non-hydrogen) atoms. The van der Waals surface area contributed by atoms with E-state index in [1.165, 1.54) is 0 Å². The summed E-state index contributed by atoms with van der Waals surface area (Å²) in [5, 5.41) is 0.568. The van der Waals surface area contributed by atoms with Gasteiger partial charge in [0.05, 0.1) is 12.1 Å². The predicted octanol–water partition coefficient (Wildman–Crippen LogP) is -0.802. The van der Waals surface area contributed by atoms with E-state index in [4.69, 9.17) is 4.84 Å². The Morgan fingerprint density at radius 1 is 1.38 bits per heavy atom. The summed E-state index contributed by atoms with van der Waals surface area (Å²) in [6.07, 6.45) is 0.926. The summed E-state index contributed by atoms with van der Waals surface area (Å²) in [4.78, 5) is 38.3. The van der Waals surface area contributed by atoms with Gasteiger partial charge in [0.25, 0.3) is 11.8 Å². The molecule has 2 rings (SSSR count). The number of nitrogens with one attached hydrogen (secondary N) is 2. The minimum Gasteiger partial charge on any atom is -0.330 e. The van der Waals surface area contributed by atoms with E-state index in [-0.39, 0.29) is 24.9 Å². The van der Waals surface area contributed by atoms with E-state index in [0.717, 1.165) is 0 Å². The molecule has 2 heterocycles. The highest BCUT2D eigenvalue weighted by Gasteiger charge is 2.37. The van der Waals surface area contributed by atoms with Gasteiger partial charge in [-0.3, -0.25) is 9.59 Å². The van der Waals surface area contributed by atoms with Crippen LogP contribution in [-0.4, -0.2) is 28.5 Å². The van der Waals surface area contributed by atoms with Gasteiger partial charge in [-0.15, -0.1) is 5.06 Å². The van der Waals surface area contributed by atoms with E-state index in [1.54, 1.807) is 0 Å². The summed E-state index contributed by atoms with van der Waals surface area (Å²) in [5.74, 6) is -1.47. The van der Waals surface area contributed by atoms with Crippen LogP contribution < -0.4 is 10.9 Å². The molecule has 2 N–H and O–H groups in total. The van der Waals surface area contributed by atoms with Gasteiger partial charge in [0.2, 0.25) is 0 Å². The zero-order valence-electron chi connectivity index (χ0n) is 8.91. The van der Waals surface area contributed by atoms with E-state index in [1.807, 2.05) is 6.92 Å². The van der Waals surface area contributed by atoms with Gasteiger partial charge in [0.15, 0.2) is 0 Å². The number of nitrogens with zero attached hydrogens (tertiary/aromatic N) is 1. The Bertz CT molecular complexity index is 335. The molecule has 0 aromatic heterocycles. The Kier molecular flexibility index (Phi) is 2.64. The van der Waals surface area contributed by atoms with Crippen molar-refractivity contribution < 1.29 is 19.2 Å². The SMILES string of the molecule is CC1(CCC(=O)ON2C(=O)CCC2=O)NN1. The highest BCUT2D eigenvalue weighted by molar-refractivity contribution is 6.01. The number of carbonyl (C=O) groups excluding carboxylic acids is 3. The highest BCUT2D eigenvalue weighted by Crippen LogP contribution is 2.18. The molecule has 7 nitrogen and oxygen atoms in total. The lowest BCUT2D eigenvalue weighted by molar-refractivity contribution is -0.197. The maximum atomic E-state index is 11.3. The maximum Gasteiger partial charge on any atom is 0.333 e. The third-order valence-electron chi connectivity index (χ3n) is 2.58. The van der Waals surface area contributed by atoms with Gasteiger partial charge in [-0.2, -0.15) is 0 Å². The van der Waals surface area contributed by atoms with Gasteiger partial charge in [-0.25, -0.2) is 15.6 Å². The molecule has 2 aliphatic heterocycles. The fraction of sp³-hybridized carbons (Fsp3) is 0.667. The molecule has 7 heteroatoms. The second-order valence-corrected chi connectivity index (χ2v) is 4.13. The monoisotopic (exact) mass is 227 g/mol. The fourth-order valence-electron chi connectivity index (χ4n) is 1.39.